The van der Waals surface area contributed by atoms with Crippen molar-refractivity contribution in [2.45, 2.75) is 33.2 Å². The molecule has 0 bridgehead atoms. The Labute approximate surface area is 102 Å². The van der Waals surface area contributed by atoms with Crippen LogP contribution in [0.1, 0.15) is 26.7 Å². The molecule has 17 heavy (non-hydrogen) atoms. The summed E-state index contributed by atoms with van der Waals surface area (Å²) in [7, 11) is 0. The number of amides is 1. The van der Waals surface area contributed by atoms with E-state index in [-0.39, 0.29) is 18.0 Å². The molecule has 1 heterocycles. The quantitative estimate of drug-likeness (QED) is 0.811. The first-order chi connectivity index (χ1) is 8.17. The number of carbonyl (C=O) groups excluding carboxylic acids is 1. The van der Waals surface area contributed by atoms with Crippen LogP contribution in [0.5, 0.6) is 0 Å². The smallest absolute Gasteiger partial charge is 0.250 e. The van der Waals surface area contributed by atoms with E-state index in [0.29, 0.717) is 12.5 Å². The summed E-state index contributed by atoms with van der Waals surface area (Å²) in [6.07, 6.45) is 3.74. The molecule has 4 heteroatoms. The van der Waals surface area contributed by atoms with Crippen LogP contribution in [0.15, 0.2) is 29.2 Å². The molecule has 0 aromatic carbocycles. The highest BCUT2D eigenvalue weighted by Gasteiger charge is 2.07. The Bertz CT molecular complexity index is 408. The van der Waals surface area contributed by atoms with Crippen LogP contribution in [0.25, 0.3) is 0 Å². The van der Waals surface area contributed by atoms with Gasteiger partial charge in [0, 0.05) is 18.8 Å². The molecule has 94 valence electrons. The van der Waals surface area contributed by atoms with Crippen molar-refractivity contribution >= 4 is 5.91 Å². The van der Waals surface area contributed by atoms with Crippen molar-refractivity contribution in [3.8, 4) is 0 Å². The molecule has 1 rings (SSSR count). The molecule has 1 N–H and O–H groups in total. The molecule has 0 aliphatic heterocycles. The number of carbonyl (C=O) groups is 1. The van der Waals surface area contributed by atoms with Crippen LogP contribution in [0, 0.1) is 5.92 Å². The number of hydrogen-bond donors (Lipinski definition) is 1. The van der Waals surface area contributed by atoms with E-state index in [0.717, 1.165) is 12.8 Å². The van der Waals surface area contributed by atoms with Gasteiger partial charge in [-0.1, -0.05) is 32.8 Å². The van der Waals surface area contributed by atoms with Crippen molar-refractivity contribution in [3.63, 3.8) is 0 Å². The average Bonchev–Trinajstić information content (AvgIpc) is 2.33. The SMILES string of the molecule is CCC(CC)CNC(=O)Cn1ccccc1=O. The van der Waals surface area contributed by atoms with Gasteiger partial charge in [-0.3, -0.25) is 9.59 Å². The highest BCUT2D eigenvalue weighted by molar-refractivity contribution is 5.75. The molecule has 0 fully saturated rings. The fraction of sp³-hybridized carbons (Fsp3) is 0.538. The number of aromatic nitrogens is 1. The van der Waals surface area contributed by atoms with Crippen molar-refractivity contribution in [2.75, 3.05) is 6.54 Å². The van der Waals surface area contributed by atoms with Crippen LogP contribution < -0.4 is 10.9 Å². The van der Waals surface area contributed by atoms with E-state index in [2.05, 4.69) is 19.2 Å². The van der Waals surface area contributed by atoms with Crippen molar-refractivity contribution in [1.29, 1.82) is 0 Å². The number of nitrogens with one attached hydrogen (secondary N) is 1. The monoisotopic (exact) mass is 236 g/mol. The van der Waals surface area contributed by atoms with E-state index in [9.17, 15) is 9.59 Å². The van der Waals surface area contributed by atoms with Gasteiger partial charge in [0.1, 0.15) is 6.54 Å². The first kappa shape index (κ1) is 13.5. The van der Waals surface area contributed by atoms with E-state index in [1.54, 1.807) is 18.3 Å². The van der Waals surface area contributed by atoms with Crippen LogP contribution in [0.3, 0.4) is 0 Å². The Kier molecular flexibility index (Phi) is 5.46. The van der Waals surface area contributed by atoms with E-state index in [1.807, 2.05) is 0 Å². The third kappa shape index (κ3) is 4.43. The maximum Gasteiger partial charge on any atom is 0.250 e. The standard InChI is InChI=1S/C13H20N2O2/c1-3-11(4-2)9-14-12(16)10-15-8-6-5-7-13(15)17/h5-8,11H,3-4,9-10H2,1-2H3,(H,14,16). The maximum atomic E-state index is 11.6. The van der Waals surface area contributed by atoms with Gasteiger partial charge in [-0.15, -0.1) is 0 Å². The molecule has 0 spiro atoms. The second-order valence-corrected chi connectivity index (χ2v) is 4.15. The Morgan fingerprint density at radius 2 is 2.06 bits per heavy atom. The Hall–Kier alpha value is -1.58. The first-order valence-electron chi connectivity index (χ1n) is 6.09. The lowest BCUT2D eigenvalue weighted by Crippen LogP contribution is -2.34. The van der Waals surface area contributed by atoms with Gasteiger partial charge in [-0.25, -0.2) is 0 Å². The Balaban J connectivity index is 2.45. The molecule has 1 amide bonds. The minimum Gasteiger partial charge on any atom is -0.354 e. The highest BCUT2D eigenvalue weighted by atomic mass is 16.2. The normalized spacial score (nSPS) is 10.5. The Morgan fingerprint density at radius 1 is 1.35 bits per heavy atom. The fourth-order valence-corrected chi connectivity index (χ4v) is 1.64. The molecule has 0 atom stereocenters. The predicted octanol–water partition coefficient (Wildman–Crippen LogP) is 1.40. The number of hydrogen-bond acceptors (Lipinski definition) is 2. The van der Waals surface area contributed by atoms with Gasteiger partial charge in [-0.05, 0) is 12.0 Å². The largest absolute Gasteiger partial charge is 0.354 e. The van der Waals surface area contributed by atoms with Crippen LogP contribution in [0.4, 0.5) is 0 Å². The van der Waals surface area contributed by atoms with E-state index in [1.165, 1.54) is 10.6 Å². The third-order valence-corrected chi connectivity index (χ3v) is 2.96. The van der Waals surface area contributed by atoms with Gasteiger partial charge in [0.25, 0.3) is 5.56 Å². The van der Waals surface area contributed by atoms with Crippen LogP contribution >= 0.6 is 0 Å². The lowest BCUT2D eigenvalue weighted by molar-refractivity contribution is -0.121. The zero-order chi connectivity index (χ0) is 12.7. The minimum atomic E-state index is -0.148. The van der Waals surface area contributed by atoms with Crippen molar-refractivity contribution in [3.05, 3.63) is 34.7 Å². The van der Waals surface area contributed by atoms with E-state index in [4.69, 9.17) is 0 Å². The number of rotatable bonds is 6. The van der Waals surface area contributed by atoms with Crippen LogP contribution in [0.2, 0.25) is 0 Å². The lowest BCUT2D eigenvalue weighted by Gasteiger charge is -2.13. The maximum absolute atomic E-state index is 11.6. The second kappa shape index (κ2) is 6.89. The molecule has 1 aromatic heterocycles. The molecular weight excluding hydrogens is 216 g/mol. The number of pyridine rings is 1. The summed E-state index contributed by atoms with van der Waals surface area (Å²) in [5.74, 6) is 0.414. The highest BCUT2D eigenvalue weighted by Crippen LogP contribution is 2.04. The van der Waals surface area contributed by atoms with Crippen molar-refractivity contribution in [1.82, 2.24) is 9.88 Å². The Morgan fingerprint density at radius 3 is 2.65 bits per heavy atom. The summed E-state index contributed by atoms with van der Waals surface area (Å²) in [4.78, 5) is 23.0. The summed E-state index contributed by atoms with van der Waals surface area (Å²) >= 11 is 0. The molecule has 4 nitrogen and oxygen atoms in total. The molecule has 0 unspecified atom stereocenters. The summed E-state index contributed by atoms with van der Waals surface area (Å²) in [6.45, 7) is 5.01. The topological polar surface area (TPSA) is 51.1 Å². The summed E-state index contributed by atoms with van der Waals surface area (Å²) in [5, 5.41) is 2.86. The zero-order valence-electron chi connectivity index (χ0n) is 10.5. The van der Waals surface area contributed by atoms with Gasteiger partial charge >= 0.3 is 0 Å². The fourth-order valence-electron chi connectivity index (χ4n) is 1.64. The molecule has 0 radical (unpaired) electrons. The van der Waals surface area contributed by atoms with Gasteiger partial charge in [0.05, 0.1) is 0 Å². The van der Waals surface area contributed by atoms with Gasteiger partial charge < -0.3 is 9.88 Å². The predicted molar refractivity (Wildman–Crippen MR) is 67.8 cm³/mol. The van der Waals surface area contributed by atoms with E-state index < -0.39 is 0 Å². The average molecular weight is 236 g/mol. The zero-order valence-corrected chi connectivity index (χ0v) is 10.5. The molecular formula is C13H20N2O2. The molecule has 0 aliphatic rings. The summed E-state index contributed by atoms with van der Waals surface area (Å²) in [5.41, 5.74) is -0.148. The van der Waals surface area contributed by atoms with Gasteiger partial charge in [0.2, 0.25) is 5.91 Å². The summed E-state index contributed by atoms with van der Waals surface area (Å²) in [6, 6.07) is 4.87. The molecule has 1 aromatic rings. The van der Waals surface area contributed by atoms with E-state index >= 15 is 0 Å². The van der Waals surface area contributed by atoms with Crippen LogP contribution in [-0.2, 0) is 11.3 Å². The van der Waals surface area contributed by atoms with Gasteiger partial charge in [-0.2, -0.15) is 0 Å². The molecule has 0 saturated heterocycles. The third-order valence-electron chi connectivity index (χ3n) is 2.96. The minimum absolute atomic E-state index is 0.0970. The molecule has 0 aliphatic carbocycles. The van der Waals surface area contributed by atoms with Crippen molar-refractivity contribution < 1.29 is 4.79 Å². The van der Waals surface area contributed by atoms with Crippen molar-refractivity contribution in [2.24, 2.45) is 5.92 Å². The number of nitrogens with zero attached hydrogens (tertiary/aromatic N) is 1. The lowest BCUT2D eigenvalue weighted by atomic mass is 10.0. The van der Waals surface area contributed by atoms with Gasteiger partial charge in [0.15, 0.2) is 0 Å². The summed E-state index contributed by atoms with van der Waals surface area (Å²) < 4.78 is 1.40. The first-order valence-corrected chi connectivity index (χ1v) is 6.09. The van der Waals surface area contributed by atoms with Crippen LogP contribution in [-0.4, -0.2) is 17.0 Å². The second-order valence-electron chi connectivity index (χ2n) is 4.15. The molecule has 0 saturated carbocycles.